The predicted molar refractivity (Wildman–Crippen MR) is 110 cm³/mol. The molecule has 2 N–H and O–H groups in total. The third-order valence-corrected chi connectivity index (χ3v) is 5.16. The van der Waals surface area contributed by atoms with Crippen LogP contribution in [0.3, 0.4) is 0 Å². The van der Waals surface area contributed by atoms with Crippen LogP contribution in [0.5, 0.6) is 0 Å². The Kier molecular flexibility index (Phi) is 4.81. The van der Waals surface area contributed by atoms with Crippen molar-refractivity contribution in [3.8, 4) is 11.3 Å². The second-order valence-corrected chi connectivity index (χ2v) is 7.10. The van der Waals surface area contributed by atoms with E-state index in [0.29, 0.717) is 39.5 Å². The second kappa shape index (κ2) is 7.44. The fourth-order valence-electron chi connectivity index (χ4n) is 3.02. The first-order valence-corrected chi connectivity index (χ1v) is 9.64. The van der Waals surface area contributed by atoms with Gasteiger partial charge in [0.1, 0.15) is 5.82 Å². The summed E-state index contributed by atoms with van der Waals surface area (Å²) >= 11 is 1.22. The van der Waals surface area contributed by atoms with Gasteiger partial charge in [-0.25, -0.2) is 9.37 Å². The van der Waals surface area contributed by atoms with Gasteiger partial charge in [0.05, 0.1) is 16.7 Å². The fourth-order valence-corrected chi connectivity index (χ4v) is 3.73. The van der Waals surface area contributed by atoms with E-state index in [2.05, 4.69) is 15.3 Å². The minimum absolute atomic E-state index is 0.303. The highest BCUT2D eigenvalue weighted by molar-refractivity contribution is 7.14. The summed E-state index contributed by atoms with van der Waals surface area (Å²) in [7, 11) is 0. The summed E-state index contributed by atoms with van der Waals surface area (Å²) in [6.45, 7) is 2.10. The van der Waals surface area contributed by atoms with E-state index in [9.17, 15) is 18.8 Å². The first kappa shape index (κ1) is 18.8. The molecule has 29 heavy (non-hydrogen) atoms. The Morgan fingerprint density at radius 1 is 1.24 bits per heavy atom. The number of rotatable bonds is 4. The maximum Gasteiger partial charge on any atom is 0.316 e. The van der Waals surface area contributed by atoms with Crippen molar-refractivity contribution in [2.24, 2.45) is 0 Å². The monoisotopic (exact) mass is 410 g/mol. The Hall–Kier alpha value is -3.59. The summed E-state index contributed by atoms with van der Waals surface area (Å²) in [6.07, 6.45) is 0. The number of H-pyrrole nitrogens is 1. The van der Waals surface area contributed by atoms with Crippen LogP contribution < -0.4 is 16.4 Å². The molecule has 4 aromatic rings. The minimum Gasteiger partial charge on any atom is -0.316 e. The summed E-state index contributed by atoms with van der Waals surface area (Å²) in [5.41, 5.74) is 1.03. The lowest BCUT2D eigenvalue weighted by Gasteiger charge is -2.08. The molecule has 7 nitrogen and oxygen atoms in total. The molecule has 0 radical (unpaired) electrons. The highest BCUT2D eigenvalue weighted by Crippen LogP contribution is 2.25. The van der Waals surface area contributed by atoms with Gasteiger partial charge in [-0.2, -0.15) is 0 Å². The van der Waals surface area contributed by atoms with Crippen LogP contribution in [0.1, 0.15) is 17.3 Å². The molecule has 0 unspecified atom stereocenters. The van der Waals surface area contributed by atoms with Crippen molar-refractivity contribution in [2.75, 3.05) is 5.32 Å². The van der Waals surface area contributed by atoms with Crippen LogP contribution in [0.4, 0.5) is 9.52 Å². The van der Waals surface area contributed by atoms with Crippen molar-refractivity contribution < 1.29 is 9.18 Å². The molecule has 0 saturated heterocycles. The molecule has 0 aliphatic carbocycles. The predicted octanol–water partition coefficient (Wildman–Crippen LogP) is 3.22. The maximum atomic E-state index is 13.4. The van der Waals surface area contributed by atoms with Gasteiger partial charge < -0.3 is 9.55 Å². The number of anilines is 1. The highest BCUT2D eigenvalue weighted by atomic mass is 32.1. The Morgan fingerprint density at radius 2 is 2.07 bits per heavy atom. The van der Waals surface area contributed by atoms with Gasteiger partial charge >= 0.3 is 11.1 Å². The van der Waals surface area contributed by atoms with Gasteiger partial charge in [-0.1, -0.05) is 12.1 Å². The zero-order chi connectivity index (χ0) is 20.5. The van der Waals surface area contributed by atoms with E-state index in [0.717, 1.165) is 0 Å². The van der Waals surface area contributed by atoms with Crippen LogP contribution in [0, 0.1) is 5.82 Å². The number of aromatic nitrogens is 3. The molecule has 0 saturated carbocycles. The molecule has 0 aliphatic heterocycles. The van der Waals surface area contributed by atoms with Gasteiger partial charge in [0.15, 0.2) is 5.13 Å². The first-order chi connectivity index (χ1) is 14.0. The molecule has 0 bridgehead atoms. The molecule has 0 aliphatic rings. The van der Waals surface area contributed by atoms with Crippen LogP contribution in [0.15, 0.2) is 57.4 Å². The van der Waals surface area contributed by atoms with E-state index < -0.39 is 17.0 Å². The van der Waals surface area contributed by atoms with E-state index in [1.54, 1.807) is 36.6 Å². The van der Waals surface area contributed by atoms with Crippen molar-refractivity contribution in [3.63, 3.8) is 0 Å². The lowest BCUT2D eigenvalue weighted by molar-refractivity contribution is 0.102. The lowest BCUT2D eigenvalue weighted by Crippen LogP contribution is -2.36. The lowest BCUT2D eigenvalue weighted by atomic mass is 10.1. The number of halogens is 1. The van der Waals surface area contributed by atoms with Crippen LogP contribution in [-0.2, 0) is 6.54 Å². The molecule has 0 fully saturated rings. The highest BCUT2D eigenvalue weighted by Gasteiger charge is 2.13. The number of hydrogen-bond donors (Lipinski definition) is 2. The zero-order valence-electron chi connectivity index (χ0n) is 15.2. The van der Waals surface area contributed by atoms with Crippen molar-refractivity contribution in [1.82, 2.24) is 14.5 Å². The molecule has 4 rings (SSSR count). The molecule has 0 spiro atoms. The Labute approximate surface area is 167 Å². The van der Waals surface area contributed by atoms with Crippen LogP contribution >= 0.6 is 11.3 Å². The molecular weight excluding hydrogens is 395 g/mol. The Morgan fingerprint density at radius 3 is 2.83 bits per heavy atom. The van der Waals surface area contributed by atoms with Crippen molar-refractivity contribution in [2.45, 2.75) is 13.5 Å². The summed E-state index contributed by atoms with van der Waals surface area (Å²) in [6, 6.07) is 10.7. The number of carbonyl (C=O) groups excluding carboxylic acids is 1. The number of carbonyl (C=O) groups is 1. The van der Waals surface area contributed by atoms with Gasteiger partial charge in [-0.15, -0.1) is 11.3 Å². The minimum atomic E-state index is -0.739. The molecular formula is C20H15FN4O3S. The zero-order valence-corrected chi connectivity index (χ0v) is 16.0. The standard InChI is InChI=1S/C20H15FN4O3S/c1-2-25-16-7-6-12(9-14(16)22-18(27)19(25)28)17(26)24-20-23-15(10-29-20)11-4-3-5-13(21)8-11/h3-10H,2H2,1H3,(H,22,27)(H,23,24,26). The third-order valence-electron chi connectivity index (χ3n) is 4.40. The third kappa shape index (κ3) is 3.59. The number of nitrogens with one attached hydrogen (secondary N) is 2. The second-order valence-electron chi connectivity index (χ2n) is 6.24. The molecule has 0 atom stereocenters. The van der Waals surface area contributed by atoms with Gasteiger partial charge in [-0.3, -0.25) is 19.7 Å². The molecule has 1 amide bonds. The normalized spacial score (nSPS) is 11.0. The van der Waals surface area contributed by atoms with Crippen LogP contribution in [0.2, 0.25) is 0 Å². The number of fused-ring (bicyclic) bond motifs is 1. The van der Waals surface area contributed by atoms with Gasteiger partial charge in [-0.05, 0) is 37.3 Å². The molecule has 2 aromatic carbocycles. The van der Waals surface area contributed by atoms with Crippen molar-refractivity contribution >= 4 is 33.4 Å². The molecule has 9 heteroatoms. The summed E-state index contributed by atoms with van der Waals surface area (Å²) in [4.78, 5) is 43.2. The topological polar surface area (TPSA) is 96.9 Å². The van der Waals surface area contributed by atoms with Gasteiger partial charge in [0, 0.05) is 23.1 Å². The number of amides is 1. The smallest absolute Gasteiger partial charge is 0.316 e. The number of aromatic amines is 1. The number of benzene rings is 2. The Balaban J connectivity index is 1.62. The average molecular weight is 410 g/mol. The summed E-state index contributed by atoms with van der Waals surface area (Å²) in [5, 5.41) is 4.78. The van der Waals surface area contributed by atoms with E-state index in [1.807, 2.05) is 0 Å². The number of aryl methyl sites for hydroxylation is 1. The number of nitrogens with zero attached hydrogens (tertiary/aromatic N) is 2. The average Bonchev–Trinajstić information content (AvgIpc) is 3.17. The van der Waals surface area contributed by atoms with Gasteiger partial charge in [0.25, 0.3) is 5.91 Å². The van der Waals surface area contributed by atoms with E-state index in [4.69, 9.17) is 0 Å². The van der Waals surface area contributed by atoms with Crippen LogP contribution in [-0.4, -0.2) is 20.4 Å². The Bertz CT molecular complexity index is 1360. The van der Waals surface area contributed by atoms with Crippen molar-refractivity contribution in [1.29, 1.82) is 0 Å². The largest absolute Gasteiger partial charge is 0.316 e. The van der Waals surface area contributed by atoms with Crippen LogP contribution in [0.25, 0.3) is 22.3 Å². The fraction of sp³-hybridized carbons (Fsp3) is 0.100. The summed E-state index contributed by atoms with van der Waals surface area (Å²) in [5.74, 6) is -0.779. The van der Waals surface area contributed by atoms with E-state index >= 15 is 0 Å². The maximum absolute atomic E-state index is 13.4. The first-order valence-electron chi connectivity index (χ1n) is 8.76. The summed E-state index contributed by atoms with van der Waals surface area (Å²) < 4.78 is 14.7. The number of thiazole rings is 1. The van der Waals surface area contributed by atoms with E-state index in [1.165, 1.54) is 34.1 Å². The SMILES string of the molecule is CCn1c(=O)c(=O)[nH]c2cc(C(=O)Nc3nc(-c4cccc(F)c4)cs3)ccc21. The molecule has 2 aromatic heterocycles. The molecule has 146 valence electrons. The quantitative estimate of drug-likeness (QED) is 0.505. The van der Waals surface area contributed by atoms with E-state index in [-0.39, 0.29) is 5.82 Å². The van der Waals surface area contributed by atoms with Gasteiger partial charge in [0.2, 0.25) is 0 Å². The number of hydrogen-bond acceptors (Lipinski definition) is 5. The van der Waals surface area contributed by atoms with Crippen molar-refractivity contribution in [3.05, 3.63) is 79.9 Å². The molecule has 2 heterocycles.